The molecule has 3 aliphatic rings. The quantitative estimate of drug-likeness (QED) is 0.832. The van der Waals surface area contributed by atoms with Crippen LogP contribution in [0.2, 0.25) is 0 Å². The number of rotatable bonds is 6. The van der Waals surface area contributed by atoms with Gasteiger partial charge in [-0.1, -0.05) is 6.07 Å². The van der Waals surface area contributed by atoms with E-state index in [1.165, 1.54) is 0 Å². The standard InChI is InChI=1S/C20H29N3O3/c1-22-11-17(13-26-12-16-4-2-7-21-10-16)8-19(22)14-23(15-19)18(24)9-20(25)5-3-6-20/h2,4,7,10,17,25H,3,5-6,8-9,11-15H2,1H3. The molecule has 1 saturated carbocycles. The molecule has 6 heteroatoms. The van der Waals surface area contributed by atoms with Gasteiger partial charge in [-0.25, -0.2) is 0 Å². The fourth-order valence-corrected chi connectivity index (χ4v) is 4.64. The normalized spacial score (nSPS) is 26.5. The number of likely N-dealkylation sites (N-methyl/N-ethyl adjacent to an activating group) is 1. The first kappa shape index (κ1) is 17.9. The van der Waals surface area contributed by atoms with Crippen molar-refractivity contribution in [3.8, 4) is 0 Å². The third-order valence-electron chi connectivity index (χ3n) is 6.44. The van der Waals surface area contributed by atoms with Crippen molar-refractivity contribution < 1.29 is 14.6 Å². The third kappa shape index (κ3) is 3.50. The lowest BCUT2D eigenvalue weighted by molar-refractivity contribution is -0.152. The first-order chi connectivity index (χ1) is 12.5. The molecule has 4 rings (SSSR count). The Balaban J connectivity index is 1.22. The van der Waals surface area contributed by atoms with Crippen molar-refractivity contribution in [2.45, 2.75) is 49.9 Å². The number of hydrogen-bond donors (Lipinski definition) is 1. The largest absolute Gasteiger partial charge is 0.389 e. The highest BCUT2D eigenvalue weighted by Gasteiger charge is 2.53. The number of aliphatic hydroxyl groups is 1. The molecule has 1 unspecified atom stereocenters. The van der Waals surface area contributed by atoms with Gasteiger partial charge in [-0.3, -0.25) is 14.7 Å². The number of carbonyl (C=O) groups is 1. The van der Waals surface area contributed by atoms with E-state index in [2.05, 4.69) is 16.9 Å². The van der Waals surface area contributed by atoms with Gasteiger partial charge in [0.1, 0.15) is 0 Å². The molecule has 142 valence electrons. The Morgan fingerprint density at radius 2 is 2.23 bits per heavy atom. The molecule has 0 radical (unpaired) electrons. The maximum absolute atomic E-state index is 12.4. The van der Waals surface area contributed by atoms with Gasteiger partial charge in [0.05, 0.1) is 30.8 Å². The Morgan fingerprint density at radius 3 is 2.88 bits per heavy atom. The van der Waals surface area contributed by atoms with Crippen LogP contribution in [0.3, 0.4) is 0 Å². The summed E-state index contributed by atoms with van der Waals surface area (Å²) in [6, 6.07) is 3.96. The summed E-state index contributed by atoms with van der Waals surface area (Å²) in [4.78, 5) is 20.8. The molecule has 1 spiro atoms. The van der Waals surface area contributed by atoms with Crippen LogP contribution in [-0.4, -0.2) is 70.2 Å². The van der Waals surface area contributed by atoms with Crippen LogP contribution in [0.5, 0.6) is 0 Å². The number of pyridine rings is 1. The Hall–Kier alpha value is -1.50. The summed E-state index contributed by atoms with van der Waals surface area (Å²) in [5.74, 6) is 0.618. The summed E-state index contributed by atoms with van der Waals surface area (Å²) in [5.41, 5.74) is 0.493. The number of nitrogens with zero attached hydrogens (tertiary/aromatic N) is 3. The molecule has 0 aromatic carbocycles. The molecule has 3 heterocycles. The second-order valence-electron chi connectivity index (χ2n) is 8.56. The monoisotopic (exact) mass is 359 g/mol. The predicted molar refractivity (Wildman–Crippen MR) is 97.4 cm³/mol. The van der Waals surface area contributed by atoms with E-state index in [0.29, 0.717) is 18.9 Å². The number of aromatic nitrogens is 1. The first-order valence-electron chi connectivity index (χ1n) is 9.66. The zero-order valence-electron chi connectivity index (χ0n) is 15.6. The van der Waals surface area contributed by atoms with Gasteiger partial charge in [-0.05, 0) is 50.3 Å². The van der Waals surface area contributed by atoms with Gasteiger partial charge in [-0.15, -0.1) is 0 Å². The molecule has 3 fully saturated rings. The summed E-state index contributed by atoms with van der Waals surface area (Å²) in [5, 5.41) is 10.2. The van der Waals surface area contributed by atoms with Gasteiger partial charge in [-0.2, -0.15) is 0 Å². The lowest BCUT2D eigenvalue weighted by Gasteiger charge is -2.52. The lowest BCUT2D eigenvalue weighted by atomic mass is 9.76. The minimum absolute atomic E-state index is 0.111. The number of likely N-dealkylation sites (tertiary alicyclic amines) is 2. The average molecular weight is 359 g/mol. The van der Waals surface area contributed by atoms with Crippen molar-refractivity contribution in [2.75, 3.05) is 33.3 Å². The number of ether oxygens (including phenoxy) is 1. The van der Waals surface area contributed by atoms with Gasteiger partial charge >= 0.3 is 0 Å². The van der Waals surface area contributed by atoms with Crippen LogP contribution in [0.25, 0.3) is 0 Å². The third-order valence-corrected chi connectivity index (χ3v) is 6.44. The summed E-state index contributed by atoms with van der Waals surface area (Å²) in [6.45, 7) is 3.94. The van der Waals surface area contributed by atoms with E-state index >= 15 is 0 Å². The van der Waals surface area contributed by atoms with Crippen LogP contribution in [0.4, 0.5) is 0 Å². The van der Waals surface area contributed by atoms with Crippen molar-refractivity contribution in [3.63, 3.8) is 0 Å². The first-order valence-corrected chi connectivity index (χ1v) is 9.66. The molecular weight excluding hydrogens is 330 g/mol. The second kappa shape index (κ2) is 6.91. The molecule has 2 saturated heterocycles. The van der Waals surface area contributed by atoms with Crippen LogP contribution >= 0.6 is 0 Å². The van der Waals surface area contributed by atoms with E-state index in [4.69, 9.17) is 4.74 Å². The highest BCUT2D eigenvalue weighted by molar-refractivity contribution is 5.78. The summed E-state index contributed by atoms with van der Waals surface area (Å²) in [6.07, 6.45) is 7.56. The van der Waals surface area contributed by atoms with E-state index < -0.39 is 5.60 Å². The molecule has 1 aromatic rings. The maximum Gasteiger partial charge on any atom is 0.225 e. The topological polar surface area (TPSA) is 65.9 Å². The molecule has 26 heavy (non-hydrogen) atoms. The van der Waals surface area contributed by atoms with E-state index in [0.717, 1.165) is 57.5 Å². The minimum Gasteiger partial charge on any atom is -0.389 e. The van der Waals surface area contributed by atoms with Gasteiger partial charge < -0.3 is 14.7 Å². The molecule has 1 amide bonds. The van der Waals surface area contributed by atoms with Gasteiger partial charge in [0.15, 0.2) is 0 Å². The number of hydrogen-bond acceptors (Lipinski definition) is 5. The van der Waals surface area contributed by atoms with Crippen molar-refractivity contribution >= 4 is 5.91 Å². The highest BCUT2D eigenvalue weighted by atomic mass is 16.5. The average Bonchev–Trinajstić information content (AvgIpc) is 2.89. The van der Waals surface area contributed by atoms with Crippen LogP contribution in [0.1, 0.15) is 37.7 Å². The van der Waals surface area contributed by atoms with Crippen LogP contribution in [0, 0.1) is 5.92 Å². The molecule has 1 aliphatic carbocycles. The molecule has 1 atom stereocenters. The van der Waals surface area contributed by atoms with Crippen molar-refractivity contribution in [1.82, 2.24) is 14.8 Å². The smallest absolute Gasteiger partial charge is 0.225 e. The van der Waals surface area contributed by atoms with Gasteiger partial charge in [0.2, 0.25) is 5.91 Å². The molecule has 1 aromatic heterocycles. The summed E-state index contributed by atoms with van der Waals surface area (Å²) in [7, 11) is 2.16. The Labute approximate surface area is 155 Å². The Morgan fingerprint density at radius 1 is 1.42 bits per heavy atom. The molecule has 0 bridgehead atoms. The molecule has 1 N–H and O–H groups in total. The number of carbonyl (C=O) groups excluding carboxylic acids is 1. The zero-order valence-corrected chi connectivity index (χ0v) is 15.6. The van der Waals surface area contributed by atoms with Crippen molar-refractivity contribution in [3.05, 3.63) is 30.1 Å². The second-order valence-corrected chi connectivity index (χ2v) is 8.56. The van der Waals surface area contributed by atoms with Crippen molar-refractivity contribution in [1.29, 1.82) is 0 Å². The van der Waals surface area contributed by atoms with Gasteiger partial charge in [0, 0.05) is 32.0 Å². The van der Waals surface area contributed by atoms with Crippen molar-refractivity contribution in [2.24, 2.45) is 5.92 Å². The predicted octanol–water partition coefficient (Wildman–Crippen LogP) is 1.44. The minimum atomic E-state index is -0.718. The van der Waals surface area contributed by atoms with Gasteiger partial charge in [0.25, 0.3) is 0 Å². The SMILES string of the molecule is CN1CC(COCc2cccnc2)CC12CN(C(=O)CC1(O)CCC1)C2. The van der Waals surface area contributed by atoms with Crippen LogP contribution in [-0.2, 0) is 16.1 Å². The highest BCUT2D eigenvalue weighted by Crippen LogP contribution is 2.41. The summed E-state index contributed by atoms with van der Waals surface area (Å²) >= 11 is 0. The fraction of sp³-hybridized carbons (Fsp3) is 0.700. The maximum atomic E-state index is 12.4. The fourth-order valence-electron chi connectivity index (χ4n) is 4.64. The van der Waals surface area contributed by atoms with Crippen LogP contribution < -0.4 is 0 Å². The Bertz CT molecular complexity index is 641. The molecule has 6 nitrogen and oxygen atoms in total. The zero-order chi connectivity index (χ0) is 18.2. The van der Waals surface area contributed by atoms with E-state index in [1.807, 2.05) is 23.2 Å². The van der Waals surface area contributed by atoms with Crippen LogP contribution in [0.15, 0.2) is 24.5 Å². The molecular formula is C20H29N3O3. The van der Waals surface area contributed by atoms with E-state index in [1.54, 1.807) is 6.20 Å². The Kier molecular flexibility index (Phi) is 4.75. The van der Waals surface area contributed by atoms with E-state index in [9.17, 15) is 9.90 Å². The number of amides is 1. The summed E-state index contributed by atoms with van der Waals surface area (Å²) < 4.78 is 5.90. The molecule has 2 aliphatic heterocycles. The lowest BCUT2D eigenvalue weighted by Crippen LogP contribution is -2.68. The van der Waals surface area contributed by atoms with E-state index in [-0.39, 0.29) is 11.4 Å².